The highest BCUT2D eigenvalue weighted by Gasteiger charge is 2.52. The number of rotatable bonds is 4. The molecule has 0 aliphatic heterocycles. The SMILES string of the molecule is O=C(NCc1ccccn1)C1(c2c[nH]c3ccc(F)cc23)CC1. The van der Waals surface area contributed by atoms with Gasteiger partial charge in [-0.15, -0.1) is 0 Å². The number of carbonyl (C=O) groups excluding carboxylic acids is 1. The molecule has 2 N–H and O–H groups in total. The minimum Gasteiger partial charge on any atom is -0.361 e. The Morgan fingerprint density at radius 1 is 1.30 bits per heavy atom. The topological polar surface area (TPSA) is 57.8 Å². The lowest BCUT2D eigenvalue weighted by molar-refractivity contribution is -0.123. The summed E-state index contributed by atoms with van der Waals surface area (Å²) in [5, 5.41) is 3.75. The Morgan fingerprint density at radius 3 is 2.91 bits per heavy atom. The first-order valence-corrected chi connectivity index (χ1v) is 7.64. The Balaban J connectivity index is 1.59. The number of benzene rings is 1. The van der Waals surface area contributed by atoms with Gasteiger partial charge in [0.05, 0.1) is 17.7 Å². The van der Waals surface area contributed by atoms with Crippen LogP contribution in [-0.4, -0.2) is 15.9 Å². The van der Waals surface area contributed by atoms with Gasteiger partial charge in [-0.25, -0.2) is 4.39 Å². The molecule has 3 aromatic rings. The maximum Gasteiger partial charge on any atom is 0.231 e. The number of nitrogens with zero attached hydrogens (tertiary/aromatic N) is 1. The summed E-state index contributed by atoms with van der Waals surface area (Å²) in [5.41, 5.74) is 2.01. The Bertz CT molecular complexity index is 868. The molecule has 1 aromatic carbocycles. The molecule has 116 valence electrons. The molecule has 0 spiro atoms. The second kappa shape index (κ2) is 5.19. The molecule has 4 nitrogen and oxygen atoms in total. The number of aromatic nitrogens is 2. The highest BCUT2D eigenvalue weighted by molar-refractivity contribution is 5.97. The normalized spacial score (nSPS) is 15.5. The minimum atomic E-state index is -0.541. The first-order valence-electron chi connectivity index (χ1n) is 7.64. The average Bonchev–Trinajstić information content (AvgIpc) is 3.28. The molecule has 1 amide bonds. The number of halogens is 1. The number of carbonyl (C=O) groups is 1. The van der Waals surface area contributed by atoms with Gasteiger partial charge in [0.1, 0.15) is 5.82 Å². The van der Waals surface area contributed by atoms with Crippen LogP contribution in [0.5, 0.6) is 0 Å². The molecule has 0 unspecified atom stereocenters. The van der Waals surface area contributed by atoms with E-state index in [0.717, 1.165) is 35.0 Å². The van der Waals surface area contributed by atoms with Crippen molar-refractivity contribution in [2.45, 2.75) is 24.8 Å². The number of H-pyrrole nitrogens is 1. The van der Waals surface area contributed by atoms with Gasteiger partial charge in [0.15, 0.2) is 0 Å². The highest BCUT2D eigenvalue weighted by atomic mass is 19.1. The van der Waals surface area contributed by atoms with Crippen LogP contribution in [0.25, 0.3) is 10.9 Å². The zero-order chi connectivity index (χ0) is 15.9. The second-order valence-corrected chi connectivity index (χ2v) is 5.98. The van der Waals surface area contributed by atoms with Crippen LogP contribution in [0.4, 0.5) is 4.39 Å². The molecule has 23 heavy (non-hydrogen) atoms. The Labute approximate surface area is 132 Å². The Hall–Kier alpha value is -2.69. The molecule has 0 atom stereocenters. The number of nitrogens with one attached hydrogen (secondary N) is 2. The van der Waals surface area contributed by atoms with Crippen LogP contribution in [-0.2, 0) is 16.8 Å². The maximum absolute atomic E-state index is 13.6. The predicted octanol–water partition coefficient (Wildman–Crippen LogP) is 3.05. The number of hydrogen-bond donors (Lipinski definition) is 2. The molecule has 1 aliphatic carbocycles. The number of amides is 1. The van der Waals surface area contributed by atoms with Crippen molar-refractivity contribution in [1.82, 2.24) is 15.3 Å². The fourth-order valence-electron chi connectivity index (χ4n) is 3.08. The molecule has 4 rings (SSSR count). The van der Waals surface area contributed by atoms with Gasteiger partial charge in [-0.05, 0) is 48.7 Å². The van der Waals surface area contributed by atoms with Crippen LogP contribution in [0, 0.1) is 5.82 Å². The van der Waals surface area contributed by atoms with Gasteiger partial charge in [-0.1, -0.05) is 6.07 Å². The first kappa shape index (κ1) is 13.9. The molecule has 1 saturated carbocycles. The molecule has 2 heterocycles. The molecular weight excluding hydrogens is 293 g/mol. The third kappa shape index (κ3) is 2.38. The van der Waals surface area contributed by atoms with Crippen molar-refractivity contribution in [3.8, 4) is 0 Å². The van der Waals surface area contributed by atoms with Gasteiger partial charge >= 0.3 is 0 Å². The number of pyridine rings is 1. The van der Waals surface area contributed by atoms with Crippen molar-refractivity contribution < 1.29 is 9.18 Å². The molecule has 0 bridgehead atoms. The van der Waals surface area contributed by atoms with E-state index < -0.39 is 5.41 Å². The van der Waals surface area contributed by atoms with Gasteiger partial charge in [-0.2, -0.15) is 0 Å². The standard InChI is InChI=1S/C18H16FN3O/c19-12-4-5-16-14(9-12)15(11-21-16)18(6-7-18)17(23)22-10-13-3-1-2-8-20-13/h1-5,8-9,11,21H,6-7,10H2,(H,22,23). The van der Waals surface area contributed by atoms with Gasteiger partial charge in [0.25, 0.3) is 0 Å². The predicted molar refractivity (Wildman–Crippen MR) is 85.3 cm³/mol. The third-order valence-electron chi connectivity index (χ3n) is 4.50. The molecular formula is C18H16FN3O. The number of hydrogen-bond acceptors (Lipinski definition) is 2. The molecule has 5 heteroatoms. The summed E-state index contributed by atoms with van der Waals surface area (Å²) in [7, 11) is 0. The summed E-state index contributed by atoms with van der Waals surface area (Å²) in [6, 6.07) is 10.2. The van der Waals surface area contributed by atoms with E-state index in [1.807, 2.05) is 24.4 Å². The van der Waals surface area contributed by atoms with Crippen molar-refractivity contribution in [3.05, 3.63) is 65.9 Å². The van der Waals surface area contributed by atoms with Crippen molar-refractivity contribution in [2.75, 3.05) is 0 Å². The Morgan fingerprint density at radius 2 is 2.17 bits per heavy atom. The van der Waals surface area contributed by atoms with E-state index in [4.69, 9.17) is 0 Å². The van der Waals surface area contributed by atoms with E-state index in [9.17, 15) is 9.18 Å². The summed E-state index contributed by atoms with van der Waals surface area (Å²) < 4.78 is 13.6. The van der Waals surface area contributed by atoms with Gasteiger partial charge in [-0.3, -0.25) is 9.78 Å². The smallest absolute Gasteiger partial charge is 0.231 e. The lowest BCUT2D eigenvalue weighted by Crippen LogP contribution is -2.34. The highest BCUT2D eigenvalue weighted by Crippen LogP contribution is 2.50. The lowest BCUT2D eigenvalue weighted by atomic mass is 9.94. The first-order chi connectivity index (χ1) is 11.2. The van der Waals surface area contributed by atoms with Crippen LogP contribution >= 0.6 is 0 Å². The summed E-state index contributed by atoms with van der Waals surface area (Å²) in [5.74, 6) is -0.309. The van der Waals surface area contributed by atoms with Crippen LogP contribution < -0.4 is 5.32 Å². The summed E-state index contributed by atoms with van der Waals surface area (Å²) in [6.07, 6.45) is 5.10. The molecule has 0 radical (unpaired) electrons. The van der Waals surface area contributed by atoms with E-state index >= 15 is 0 Å². The van der Waals surface area contributed by atoms with Crippen molar-refractivity contribution in [3.63, 3.8) is 0 Å². The molecule has 1 fully saturated rings. The third-order valence-corrected chi connectivity index (χ3v) is 4.50. The van der Waals surface area contributed by atoms with Crippen LogP contribution in [0.15, 0.2) is 48.8 Å². The summed E-state index contributed by atoms with van der Waals surface area (Å²) >= 11 is 0. The van der Waals surface area contributed by atoms with Gasteiger partial charge in [0.2, 0.25) is 5.91 Å². The van der Waals surface area contributed by atoms with Gasteiger partial charge in [0, 0.05) is 23.3 Å². The van der Waals surface area contributed by atoms with Gasteiger partial charge < -0.3 is 10.3 Å². The second-order valence-electron chi connectivity index (χ2n) is 5.98. The quantitative estimate of drug-likeness (QED) is 0.778. The largest absolute Gasteiger partial charge is 0.361 e. The zero-order valence-corrected chi connectivity index (χ0v) is 12.5. The minimum absolute atomic E-state index is 0.0201. The van der Waals surface area contributed by atoms with Crippen molar-refractivity contribution in [1.29, 1.82) is 0 Å². The van der Waals surface area contributed by atoms with Crippen LogP contribution in [0.1, 0.15) is 24.1 Å². The van der Waals surface area contributed by atoms with Crippen LogP contribution in [0.2, 0.25) is 0 Å². The Kier molecular flexibility index (Phi) is 3.15. The van der Waals surface area contributed by atoms with E-state index in [0.29, 0.717) is 6.54 Å². The average molecular weight is 309 g/mol. The zero-order valence-electron chi connectivity index (χ0n) is 12.5. The molecule has 2 aromatic heterocycles. The van der Waals surface area contributed by atoms with Crippen LogP contribution in [0.3, 0.4) is 0 Å². The molecule has 0 saturated heterocycles. The maximum atomic E-state index is 13.6. The van der Waals surface area contributed by atoms with E-state index in [2.05, 4.69) is 15.3 Å². The fraction of sp³-hybridized carbons (Fsp3) is 0.222. The molecule has 1 aliphatic rings. The van der Waals surface area contributed by atoms with E-state index in [-0.39, 0.29) is 11.7 Å². The lowest BCUT2D eigenvalue weighted by Gasteiger charge is -2.14. The summed E-state index contributed by atoms with van der Waals surface area (Å²) in [6.45, 7) is 0.401. The van der Waals surface area contributed by atoms with Crippen molar-refractivity contribution >= 4 is 16.8 Å². The monoisotopic (exact) mass is 309 g/mol. The van der Waals surface area contributed by atoms with Crippen molar-refractivity contribution in [2.24, 2.45) is 0 Å². The van der Waals surface area contributed by atoms with E-state index in [1.54, 1.807) is 12.3 Å². The number of fused-ring (bicyclic) bond motifs is 1. The van der Waals surface area contributed by atoms with E-state index in [1.165, 1.54) is 12.1 Å². The fourth-order valence-corrected chi connectivity index (χ4v) is 3.08. The summed E-state index contributed by atoms with van der Waals surface area (Å²) in [4.78, 5) is 20.0. The number of aromatic amines is 1.